The molecule has 18 heavy (non-hydrogen) atoms. The van der Waals surface area contributed by atoms with Gasteiger partial charge in [0.2, 0.25) is 6.79 Å². The Hall–Kier alpha value is -1.66. The number of benzene rings is 1. The van der Waals surface area contributed by atoms with Gasteiger partial charge in [0.05, 0.1) is 6.10 Å². The van der Waals surface area contributed by atoms with Crippen molar-refractivity contribution >= 4 is 0 Å². The second kappa shape index (κ2) is 4.91. The predicted molar refractivity (Wildman–Crippen MR) is 67.6 cm³/mol. The molecular weight excluding hydrogens is 228 g/mol. The summed E-state index contributed by atoms with van der Waals surface area (Å²) in [5.41, 5.74) is 1.17. The number of hydrogen-bond donors (Lipinski definition) is 0. The van der Waals surface area contributed by atoms with Crippen LogP contribution < -0.4 is 9.47 Å². The lowest BCUT2D eigenvalue weighted by Crippen LogP contribution is -2.08. The van der Waals surface area contributed by atoms with Gasteiger partial charge in [-0.2, -0.15) is 0 Å². The van der Waals surface area contributed by atoms with Crippen molar-refractivity contribution < 1.29 is 14.2 Å². The molecule has 1 fully saturated rings. The van der Waals surface area contributed by atoms with Gasteiger partial charge in [0.1, 0.15) is 0 Å². The SMILES string of the molecule is CC1OCCC1C#CCc1ccc2c(c1)OCO2. The van der Waals surface area contributed by atoms with Crippen LogP contribution in [0.2, 0.25) is 0 Å². The molecule has 2 heterocycles. The van der Waals surface area contributed by atoms with Crippen LogP contribution in [0.1, 0.15) is 18.9 Å². The molecule has 0 saturated carbocycles. The Balaban J connectivity index is 1.65. The summed E-state index contributed by atoms with van der Waals surface area (Å²) >= 11 is 0. The summed E-state index contributed by atoms with van der Waals surface area (Å²) in [4.78, 5) is 0. The average Bonchev–Trinajstić information content (AvgIpc) is 2.98. The summed E-state index contributed by atoms with van der Waals surface area (Å²) in [6.07, 6.45) is 2.07. The van der Waals surface area contributed by atoms with Crippen molar-refractivity contribution in [3.63, 3.8) is 0 Å². The Kier molecular flexibility index (Phi) is 3.12. The minimum atomic E-state index is 0.272. The first-order valence-electron chi connectivity index (χ1n) is 6.31. The van der Waals surface area contributed by atoms with Crippen LogP contribution in [0.5, 0.6) is 11.5 Å². The zero-order chi connectivity index (χ0) is 12.4. The zero-order valence-corrected chi connectivity index (χ0v) is 10.4. The first-order chi connectivity index (χ1) is 8.83. The molecule has 1 aromatic rings. The maximum atomic E-state index is 5.49. The maximum Gasteiger partial charge on any atom is 0.231 e. The summed E-state index contributed by atoms with van der Waals surface area (Å²) in [6, 6.07) is 5.99. The fraction of sp³-hybridized carbons (Fsp3) is 0.467. The van der Waals surface area contributed by atoms with Gasteiger partial charge < -0.3 is 14.2 Å². The van der Waals surface area contributed by atoms with E-state index < -0.39 is 0 Å². The molecule has 0 aromatic heterocycles. The van der Waals surface area contributed by atoms with Crippen molar-refractivity contribution in [1.82, 2.24) is 0 Å². The number of ether oxygens (including phenoxy) is 3. The minimum Gasteiger partial charge on any atom is -0.454 e. The molecule has 3 rings (SSSR count). The monoisotopic (exact) mass is 244 g/mol. The minimum absolute atomic E-state index is 0.272. The Labute approximate surface area is 107 Å². The molecule has 0 aliphatic carbocycles. The third-order valence-corrected chi connectivity index (χ3v) is 3.39. The van der Waals surface area contributed by atoms with Crippen molar-refractivity contribution in [3.05, 3.63) is 23.8 Å². The fourth-order valence-corrected chi connectivity index (χ4v) is 2.26. The number of fused-ring (bicyclic) bond motifs is 1. The van der Waals surface area contributed by atoms with Gasteiger partial charge in [-0.3, -0.25) is 0 Å². The van der Waals surface area contributed by atoms with Gasteiger partial charge in [0.15, 0.2) is 11.5 Å². The van der Waals surface area contributed by atoms with Crippen molar-refractivity contribution in [3.8, 4) is 23.3 Å². The van der Waals surface area contributed by atoms with Crippen molar-refractivity contribution in [2.75, 3.05) is 13.4 Å². The molecular formula is C15H16O3. The number of hydrogen-bond acceptors (Lipinski definition) is 3. The second-order valence-corrected chi connectivity index (χ2v) is 4.66. The Morgan fingerprint density at radius 1 is 1.28 bits per heavy atom. The van der Waals surface area contributed by atoms with E-state index in [1.165, 1.54) is 5.56 Å². The lowest BCUT2D eigenvalue weighted by Gasteiger charge is -2.05. The van der Waals surface area contributed by atoms with Crippen LogP contribution in [0, 0.1) is 17.8 Å². The van der Waals surface area contributed by atoms with Gasteiger partial charge in [0, 0.05) is 18.9 Å². The molecule has 0 spiro atoms. The molecule has 2 unspecified atom stereocenters. The van der Waals surface area contributed by atoms with Crippen LogP contribution in [0.15, 0.2) is 18.2 Å². The van der Waals surface area contributed by atoms with E-state index in [1.54, 1.807) is 0 Å². The molecule has 1 saturated heterocycles. The third kappa shape index (κ3) is 2.30. The molecule has 2 atom stereocenters. The van der Waals surface area contributed by atoms with E-state index in [-0.39, 0.29) is 6.10 Å². The van der Waals surface area contributed by atoms with Gasteiger partial charge in [-0.25, -0.2) is 0 Å². The van der Waals surface area contributed by atoms with E-state index >= 15 is 0 Å². The van der Waals surface area contributed by atoms with Crippen LogP contribution in [0.4, 0.5) is 0 Å². The summed E-state index contributed by atoms with van der Waals surface area (Å²) in [7, 11) is 0. The number of rotatable bonds is 1. The molecule has 2 aliphatic rings. The highest BCUT2D eigenvalue weighted by Crippen LogP contribution is 2.32. The van der Waals surface area contributed by atoms with Gasteiger partial charge in [-0.05, 0) is 31.0 Å². The van der Waals surface area contributed by atoms with Crippen LogP contribution in [0.3, 0.4) is 0 Å². The highest BCUT2D eigenvalue weighted by atomic mass is 16.7. The molecule has 2 aliphatic heterocycles. The quantitative estimate of drug-likeness (QED) is 0.710. The topological polar surface area (TPSA) is 27.7 Å². The molecule has 3 nitrogen and oxygen atoms in total. The van der Waals surface area contributed by atoms with Gasteiger partial charge in [0.25, 0.3) is 0 Å². The standard InChI is InChI=1S/C15H16O3/c1-11-13(7-8-16-11)4-2-3-12-5-6-14-15(9-12)18-10-17-14/h5-6,9,11,13H,3,7-8,10H2,1H3. The average molecular weight is 244 g/mol. The molecule has 0 amide bonds. The Bertz CT molecular complexity index is 498. The third-order valence-electron chi connectivity index (χ3n) is 3.39. The second-order valence-electron chi connectivity index (χ2n) is 4.66. The van der Waals surface area contributed by atoms with Crippen molar-refractivity contribution in [2.24, 2.45) is 5.92 Å². The molecule has 0 radical (unpaired) electrons. The van der Waals surface area contributed by atoms with E-state index in [4.69, 9.17) is 14.2 Å². The van der Waals surface area contributed by atoms with E-state index in [9.17, 15) is 0 Å². The highest BCUT2D eigenvalue weighted by Gasteiger charge is 2.21. The summed E-state index contributed by atoms with van der Waals surface area (Å²) in [5.74, 6) is 8.58. The van der Waals surface area contributed by atoms with Crippen LogP contribution >= 0.6 is 0 Å². The summed E-state index contributed by atoms with van der Waals surface area (Å²) in [6.45, 7) is 3.25. The van der Waals surface area contributed by atoms with Crippen LogP contribution in [0.25, 0.3) is 0 Å². The first-order valence-corrected chi connectivity index (χ1v) is 6.31. The lowest BCUT2D eigenvalue weighted by atomic mass is 10.0. The highest BCUT2D eigenvalue weighted by molar-refractivity contribution is 5.45. The largest absolute Gasteiger partial charge is 0.454 e. The predicted octanol–water partition coefficient (Wildman–Crippen LogP) is 2.39. The van der Waals surface area contributed by atoms with E-state index in [2.05, 4.69) is 18.8 Å². The summed E-state index contributed by atoms with van der Waals surface area (Å²) in [5, 5.41) is 0. The van der Waals surface area contributed by atoms with E-state index in [1.807, 2.05) is 18.2 Å². The molecule has 94 valence electrons. The zero-order valence-electron chi connectivity index (χ0n) is 10.4. The molecule has 3 heteroatoms. The fourth-order valence-electron chi connectivity index (χ4n) is 2.26. The van der Waals surface area contributed by atoms with Crippen LogP contribution in [-0.4, -0.2) is 19.5 Å². The van der Waals surface area contributed by atoms with E-state index in [0.29, 0.717) is 12.7 Å². The molecule has 1 aromatic carbocycles. The maximum absolute atomic E-state index is 5.49. The Morgan fingerprint density at radius 3 is 3.00 bits per heavy atom. The van der Waals surface area contributed by atoms with Gasteiger partial charge >= 0.3 is 0 Å². The molecule has 0 bridgehead atoms. The van der Waals surface area contributed by atoms with Crippen molar-refractivity contribution in [2.45, 2.75) is 25.9 Å². The lowest BCUT2D eigenvalue weighted by molar-refractivity contribution is 0.115. The molecule has 0 N–H and O–H groups in total. The van der Waals surface area contributed by atoms with E-state index in [0.717, 1.165) is 30.9 Å². The first kappa shape index (κ1) is 11.4. The smallest absolute Gasteiger partial charge is 0.231 e. The normalized spacial score (nSPS) is 24.7. The summed E-state index contributed by atoms with van der Waals surface area (Å²) < 4.78 is 16.1. The Morgan fingerprint density at radius 2 is 2.17 bits per heavy atom. The van der Waals surface area contributed by atoms with Crippen molar-refractivity contribution in [1.29, 1.82) is 0 Å². The van der Waals surface area contributed by atoms with Gasteiger partial charge in [-0.1, -0.05) is 17.9 Å². The van der Waals surface area contributed by atoms with Gasteiger partial charge in [-0.15, -0.1) is 0 Å². The van der Waals surface area contributed by atoms with Crippen LogP contribution in [-0.2, 0) is 11.2 Å².